The Labute approximate surface area is 111 Å². The Balaban J connectivity index is 1.97. The number of hydrogen-bond acceptors (Lipinski definition) is 2. The number of halogens is 2. The summed E-state index contributed by atoms with van der Waals surface area (Å²) < 4.78 is 16.1. The van der Waals surface area contributed by atoms with E-state index in [1.807, 2.05) is 0 Å². The highest BCUT2D eigenvalue weighted by Gasteiger charge is 2.15. The Bertz CT molecular complexity index is 433. The van der Waals surface area contributed by atoms with Gasteiger partial charge in [-0.2, -0.15) is 0 Å². The summed E-state index contributed by atoms with van der Waals surface area (Å²) in [5.41, 5.74) is 2.18. The molecule has 1 nitrogen and oxygen atoms in total. The van der Waals surface area contributed by atoms with E-state index in [0.29, 0.717) is 10.3 Å². The molecule has 0 radical (unpaired) electrons. The lowest BCUT2D eigenvalue weighted by molar-refractivity contribution is 0.628. The first-order valence-corrected chi connectivity index (χ1v) is 6.96. The molecule has 1 atom stereocenters. The van der Waals surface area contributed by atoms with E-state index in [1.165, 1.54) is 37.0 Å². The molecule has 1 aromatic rings. The van der Waals surface area contributed by atoms with Crippen LogP contribution in [0.25, 0.3) is 0 Å². The molecule has 0 saturated heterocycles. The lowest BCUT2D eigenvalue weighted by Crippen LogP contribution is -2.11. The van der Waals surface area contributed by atoms with Gasteiger partial charge in [-0.15, -0.1) is 0 Å². The lowest BCUT2D eigenvalue weighted by atomic mass is 10.0. The highest BCUT2D eigenvalue weighted by Crippen LogP contribution is 2.32. The molecule has 0 saturated carbocycles. The molecule has 0 aromatic heterocycles. The van der Waals surface area contributed by atoms with Gasteiger partial charge in [0, 0.05) is 5.25 Å². The van der Waals surface area contributed by atoms with Gasteiger partial charge in [0.05, 0.1) is 10.7 Å². The fraction of sp³-hybridized carbons (Fsp3) is 0.385. The van der Waals surface area contributed by atoms with Crippen molar-refractivity contribution in [1.82, 2.24) is 0 Å². The van der Waals surface area contributed by atoms with Crippen molar-refractivity contribution in [3.8, 4) is 0 Å². The maximum atomic E-state index is 12.9. The van der Waals surface area contributed by atoms with Crippen LogP contribution in [-0.2, 0) is 0 Å². The first-order valence-electron chi connectivity index (χ1n) is 5.70. The second kappa shape index (κ2) is 5.78. The second-order valence-corrected chi connectivity index (χ2v) is 5.63. The van der Waals surface area contributed by atoms with Crippen LogP contribution in [0.1, 0.15) is 26.2 Å². The van der Waals surface area contributed by atoms with Gasteiger partial charge >= 0.3 is 0 Å². The van der Waals surface area contributed by atoms with Crippen LogP contribution < -0.4 is 4.72 Å². The minimum Gasteiger partial charge on any atom is -0.328 e. The number of benzene rings is 1. The zero-order valence-electron chi connectivity index (χ0n) is 9.67. The van der Waals surface area contributed by atoms with E-state index in [-0.39, 0.29) is 5.82 Å². The van der Waals surface area contributed by atoms with Crippen LogP contribution in [0.3, 0.4) is 0 Å². The predicted molar refractivity (Wildman–Crippen MR) is 74.0 cm³/mol. The van der Waals surface area contributed by atoms with Crippen molar-refractivity contribution in [3.63, 3.8) is 0 Å². The molecule has 92 valence electrons. The molecule has 1 aliphatic carbocycles. The van der Waals surface area contributed by atoms with Crippen molar-refractivity contribution in [3.05, 3.63) is 40.7 Å². The van der Waals surface area contributed by atoms with Crippen molar-refractivity contribution >= 4 is 29.2 Å². The van der Waals surface area contributed by atoms with E-state index in [0.717, 1.165) is 5.69 Å². The molecule has 0 fully saturated rings. The second-order valence-electron chi connectivity index (χ2n) is 4.21. The number of anilines is 1. The standard InChI is InChI=1S/C13H15ClFNS/c1-9-4-2-3-5-13(9)17-16-12-7-6-10(15)8-11(12)14/h4,6-8,13,16H,2-3,5H2,1H3. The summed E-state index contributed by atoms with van der Waals surface area (Å²) in [6.45, 7) is 2.16. The van der Waals surface area contributed by atoms with Crippen molar-refractivity contribution in [1.29, 1.82) is 0 Å². The monoisotopic (exact) mass is 271 g/mol. The summed E-state index contributed by atoms with van der Waals surface area (Å²) >= 11 is 7.61. The van der Waals surface area contributed by atoms with Crippen molar-refractivity contribution in [2.75, 3.05) is 4.72 Å². The van der Waals surface area contributed by atoms with E-state index in [1.54, 1.807) is 18.0 Å². The topological polar surface area (TPSA) is 12.0 Å². The first-order chi connectivity index (χ1) is 8.16. The van der Waals surface area contributed by atoms with Crippen molar-refractivity contribution in [2.24, 2.45) is 0 Å². The third kappa shape index (κ3) is 3.39. The number of nitrogens with one attached hydrogen (secondary N) is 1. The van der Waals surface area contributed by atoms with Crippen LogP contribution in [0.5, 0.6) is 0 Å². The average Bonchev–Trinajstić information content (AvgIpc) is 2.30. The maximum absolute atomic E-state index is 12.9. The van der Waals surface area contributed by atoms with Gasteiger partial charge in [0.1, 0.15) is 5.82 Å². The highest BCUT2D eigenvalue weighted by molar-refractivity contribution is 8.01. The average molecular weight is 272 g/mol. The fourth-order valence-electron chi connectivity index (χ4n) is 1.85. The molecule has 17 heavy (non-hydrogen) atoms. The lowest BCUT2D eigenvalue weighted by Gasteiger charge is -2.21. The molecule has 0 heterocycles. The summed E-state index contributed by atoms with van der Waals surface area (Å²) in [5.74, 6) is -0.306. The Morgan fingerprint density at radius 3 is 3.00 bits per heavy atom. The van der Waals surface area contributed by atoms with E-state index in [4.69, 9.17) is 11.6 Å². The first kappa shape index (κ1) is 12.8. The maximum Gasteiger partial charge on any atom is 0.124 e. The zero-order chi connectivity index (χ0) is 12.3. The van der Waals surface area contributed by atoms with Gasteiger partial charge in [-0.3, -0.25) is 0 Å². The molecule has 0 bridgehead atoms. The van der Waals surface area contributed by atoms with E-state index < -0.39 is 0 Å². The molecular formula is C13H15ClFNS. The number of hydrogen-bond donors (Lipinski definition) is 1. The van der Waals surface area contributed by atoms with E-state index >= 15 is 0 Å². The normalized spacial score (nSPS) is 19.9. The van der Waals surface area contributed by atoms with Crippen molar-refractivity contribution < 1.29 is 4.39 Å². The molecule has 2 rings (SSSR count). The molecular weight excluding hydrogens is 257 g/mol. The van der Waals surface area contributed by atoms with Gasteiger partial charge in [0.25, 0.3) is 0 Å². The van der Waals surface area contributed by atoms with Gasteiger partial charge in [-0.1, -0.05) is 23.3 Å². The Hall–Kier alpha value is -0.670. The number of rotatable bonds is 3. The smallest absolute Gasteiger partial charge is 0.124 e. The zero-order valence-corrected chi connectivity index (χ0v) is 11.2. The fourth-order valence-corrected chi connectivity index (χ4v) is 3.14. The van der Waals surface area contributed by atoms with Gasteiger partial charge in [-0.25, -0.2) is 4.39 Å². The summed E-state index contributed by atoms with van der Waals surface area (Å²) in [6, 6.07) is 4.42. The molecule has 1 N–H and O–H groups in total. The Kier molecular flexibility index (Phi) is 4.35. The summed E-state index contributed by atoms with van der Waals surface area (Å²) in [5, 5.41) is 0.916. The molecule has 1 aliphatic rings. The molecule has 4 heteroatoms. The van der Waals surface area contributed by atoms with Gasteiger partial charge in [-0.05, 0) is 56.3 Å². The molecule has 1 aromatic carbocycles. The molecule has 1 unspecified atom stereocenters. The van der Waals surface area contributed by atoms with Crippen LogP contribution in [-0.4, -0.2) is 5.25 Å². The highest BCUT2D eigenvalue weighted by atomic mass is 35.5. The summed E-state index contributed by atoms with van der Waals surface area (Å²) in [6.07, 6.45) is 5.88. The predicted octanol–water partition coefficient (Wildman–Crippen LogP) is 5.04. The van der Waals surface area contributed by atoms with Gasteiger partial charge in [0.15, 0.2) is 0 Å². The van der Waals surface area contributed by atoms with Crippen LogP contribution >= 0.6 is 23.5 Å². The Morgan fingerprint density at radius 1 is 1.47 bits per heavy atom. The third-order valence-electron chi connectivity index (χ3n) is 2.89. The van der Waals surface area contributed by atoms with Crippen molar-refractivity contribution in [2.45, 2.75) is 31.4 Å². The summed E-state index contributed by atoms with van der Waals surface area (Å²) in [4.78, 5) is 0. The SMILES string of the molecule is CC1=CCCCC1SNc1ccc(F)cc1Cl. The minimum absolute atomic E-state index is 0.306. The molecule has 0 aliphatic heterocycles. The Morgan fingerprint density at radius 2 is 2.29 bits per heavy atom. The number of allylic oxidation sites excluding steroid dienone is 1. The van der Waals surface area contributed by atoms with Gasteiger partial charge in [0.2, 0.25) is 0 Å². The van der Waals surface area contributed by atoms with Crippen LogP contribution in [0.15, 0.2) is 29.8 Å². The third-order valence-corrected chi connectivity index (χ3v) is 4.43. The van der Waals surface area contributed by atoms with E-state index in [9.17, 15) is 4.39 Å². The quantitative estimate of drug-likeness (QED) is 0.611. The van der Waals surface area contributed by atoms with Gasteiger partial charge < -0.3 is 4.72 Å². The largest absolute Gasteiger partial charge is 0.328 e. The summed E-state index contributed by atoms with van der Waals surface area (Å²) in [7, 11) is 0. The molecule has 0 amide bonds. The van der Waals surface area contributed by atoms with E-state index in [2.05, 4.69) is 17.7 Å². The minimum atomic E-state index is -0.306. The van der Waals surface area contributed by atoms with Crippen LogP contribution in [0.2, 0.25) is 5.02 Å². The molecule has 0 spiro atoms. The van der Waals surface area contributed by atoms with Crippen LogP contribution in [0.4, 0.5) is 10.1 Å². The van der Waals surface area contributed by atoms with Crippen LogP contribution in [0, 0.1) is 5.82 Å².